The van der Waals surface area contributed by atoms with Crippen LogP contribution in [0.4, 0.5) is 0 Å². The Hall–Kier alpha value is -0.820. The van der Waals surface area contributed by atoms with Gasteiger partial charge in [0.2, 0.25) is 0 Å². The number of rotatable bonds is 1. The van der Waals surface area contributed by atoms with E-state index in [0.717, 1.165) is 19.3 Å². The molecule has 0 amide bonds. The summed E-state index contributed by atoms with van der Waals surface area (Å²) >= 11 is 0. The lowest BCUT2D eigenvalue weighted by atomic mass is 9.97. The molecule has 1 aliphatic carbocycles. The maximum Gasteiger partial charge on any atom is 0.0725 e. The fourth-order valence-electron chi connectivity index (χ4n) is 2.11. The monoisotopic (exact) mass is 176 g/mol. The maximum absolute atomic E-state index is 10.1. The van der Waals surface area contributed by atoms with Gasteiger partial charge in [-0.1, -0.05) is 30.7 Å². The first-order valence-corrected chi connectivity index (χ1v) is 4.94. The third kappa shape index (κ3) is 1.49. The number of aryl methyl sites for hydroxylation is 1. The molecule has 70 valence electrons. The van der Waals surface area contributed by atoms with Crippen LogP contribution in [0.1, 0.15) is 30.0 Å². The third-order valence-corrected chi connectivity index (χ3v) is 3.06. The number of hydrogen-bond acceptors (Lipinski definition) is 1. The molecule has 1 nitrogen and oxygen atoms in total. The van der Waals surface area contributed by atoms with Crippen LogP contribution in [0, 0.1) is 6.92 Å². The molecule has 0 aromatic heterocycles. The van der Waals surface area contributed by atoms with E-state index in [2.05, 4.69) is 32.0 Å². The highest BCUT2D eigenvalue weighted by Crippen LogP contribution is 2.32. The van der Waals surface area contributed by atoms with Gasteiger partial charge in [0.1, 0.15) is 0 Å². The van der Waals surface area contributed by atoms with Gasteiger partial charge in [-0.05, 0) is 24.5 Å². The molecule has 0 saturated carbocycles. The zero-order valence-corrected chi connectivity index (χ0v) is 8.30. The van der Waals surface area contributed by atoms with Crippen molar-refractivity contribution in [2.75, 3.05) is 0 Å². The Labute approximate surface area is 79.4 Å². The molecule has 0 fully saturated rings. The first-order chi connectivity index (χ1) is 6.13. The van der Waals surface area contributed by atoms with Crippen molar-refractivity contribution in [1.29, 1.82) is 0 Å². The Morgan fingerprint density at radius 1 is 1.31 bits per heavy atom. The molecule has 1 atom stereocenters. The predicted octanol–water partition coefficient (Wildman–Crippen LogP) is 2.23. The molecule has 1 aliphatic rings. The van der Waals surface area contributed by atoms with E-state index in [1.807, 2.05) is 0 Å². The summed E-state index contributed by atoms with van der Waals surface area (Å²) in [5.41, 5.74) is 3.49. The van der Waals surface area contributed by atoms with Crippen LogP contribution in [-0.2, 0) is 12.8 Å². The van der Waals surface area contributed by atoms with E-state index in [9.17, 15) is 5.11 Å². The van der Waals surface area contributed by atoms with Crippen molar-refractivity contribution >= 4 is 0 Å². The van der Waals surface area contributed by atoms with Gasteiger partial charge in [0.15, 0.2) is 0 Å². The Morgan fingerprint density at radius 2 is 2.00 bits per heavy atom. The van der Waals surface area contributed by atoms with Gasteiger partial charge in [0.25, 0.3) is 0 Å². The minimum absolute atomic E-state index is 0.462. The minimum Gasteiger partial charge on any atom is -0.389 e. The number of benzene rings is 1. The average Bonchev–Trinajstić information content (AvgIpc) is 2.42. The molecule has 2 rings (SSSR count). The smallest absolute Gasteiger partial charge is 0.0725 e. The highest BCUT2D eigenvalue weighted by atomic mass is 16.3. The van der Waals surface area contributed by atoms with Gasteiger partial charge in [0.05, 0.1) is 5.60 Å². The Kier molecular flexibility index (Phi) is 1.92. The maximum atomic E-state index is 10.1. The van der Waals surface area contributed by atoms with Crippen LogP contribution in [0.5, 0.6) is 0 Å². The Bertz CT molecular complexity index is 330. The zero-order valence-electron chi connectivity index (χ0n) is 8.30. The Balaban J connectivity index is 2.35. The van der Waals surface area contributed by atoms with E-state index in [0.29, 0.717) is 0 Å². The molecule has 0 bridgehead atoms. The molecule has 13 heavy (non-hydrogen) atoms. The lowest BCUT2D eigenvalue weighted by Gasteiger charge is -2.18. The van der Waals surface area contributed by atoms with Crippen molar-refractivity contribution in [3.63, 3.8) is 0 Å². The Morgan fingerprint density at radius 3 is 2.69 bits per heavy atom. The van der Waals surface area contributed by atoms with Crippen LogP contribution in [0.3, 0.4) is 0 Å². The zero-order chi connectivity index (χ0) is 9.47. The number of aliphatic hydroxyl groups is 1. The van der Waals surface area contributed by atoms with Crippen molar-refractivity contribution in [3.8, 4) is 0 Å². The van der Waals surface area contributed by atoms with E-state index in [1.54, 1.807) is 0 Å². The van der Waals surface area contributed by atoms with Gasteiger partial charge >= 0.3 is 0 Å². The summed E-state index contributed by atoms with van der Waals surface area (Å²) < 4.78 is 0. The summed E-state index contributed by atoms with van der Waals surface area (Å²) in [6.07, 6.45) is 2.51. The molecular formula is C12H16O. The molecule has 1 aromatic rings. The quantitative estimate of drug-likeness (QED) is 0.695. The van der Waals surface area contributed by atoms with E-state index in [-0.39, 0.29) is 0 Å². The molecule has 0 heterocycles. The van der Waals surface area contributed by atoms with E-state index < -0.39 is 5.60 Å². The van der Waals surface area contributed by atoms with Gasteiger partial charge in [-0.2, -0.15) is 0 Å². The lowest BCUT2D eigenvalue weighted by molar-refractivity contribution is 0.0475. The summed E-state index contributed by atoms with van der Waals surface area (Å²) in [7, 11) is 0. The molecular weight excluding hydrogens is 160 g/mol. The third-order valence-electron chi connectivity index (χ3n) is 3.06. The van der Waals surface area contributed by atoms with Gasteiger partial charge in [0, 0.05) is 12.8 Å². The first-order valence-electron chi connectivity index (χ1n) is 4.94. The minimum atomic E-state index is -0.462. The fraction of sp³-hybridized carbons (Fsp3) is 0.500. The normalized spacial score (nSPS) is 26.1. The van der Waals surface area contributed by atoms with E-state index >= 15 is 0 Å². The summed E-state index contributed by atoms with van der Waals surface area (Å²) in [6, 6.07) is 6.47. The van der Waals surface area contributed by atoms with Crippen LogP contribution < -0.4 is 0 Å². The number of hydrogen-bond donors (Lipinski definition) is 1. The molecule has 1 N–H and O–H groups in total. The fourth-order valence-corrected chi connectivity index (χ4v) is 2.11. The van der Waals surface area contributed by atoms with Crippen LogP contribution in [0.2, 0.25) is 0 Å². The second-order valence-electron chi connectivity index (χ2n) is 4.20. The van der Waals surface area contributed by atoms with Crippen LogP contribution in [-0.4, -0.2) is 10.7 Å². The van der Waals surface area contributed by atoms with Crippen molar-refractivity contribution in [3.05, 3.63) is 34.9 Å². The largest absolute Gasteiger partial charge is 0.389 e. The molecule has 0 spiro atoms. The van der Waals surface area contributed by atoms with Gasteiger partial charge in [-0.3, -0.25) is 0 Å². The molecule has 1 aromatic carbocycles. The highest BCUT2D eigenvalue weighted by molar-refractivity contribution is 5.38. The SMILES string of the molecule is CCC1(O)Cc2ccc(C)cc2C1. The summed E-state index contributed by atoms with van der Waals surface area (Å²) in [5.74, 6) is 0. The van der Waals surface area contributed by atoms with Gasteiger partial charge in [-0.25, -0.2) is 0 Å². The summed E-state index contributed by atoms with van der Waals surface area (Å²) in [4.78, 5) is 0. The molecule has 1 heteroatoms. The molecule has 1 unspecified atom stereocenters. The second kappa shape index (κ2) is 2.85. The topological polar surface area (TPSA) is 20.2 Å². The predicted molar refractivity (Wildman–Crippen MR) is 53.8 cm³/mol. The number of fused-ring (bicyclic) bond motifs is 1. The lowest BCUT2D eigenvalue weighted by Crippen LogP contribution is -2.27. The van der Waals surface area contributed by atoms with E-state index in [4.69, 9.17) is 0 Å². The van der Waals surface area contributed by atoms with Crippen LogP contribution >= 0.6 is 0 Å². The van der Waals surface area contributed by atoms with Crippen LogP contribution in [0.15, 0.2) is 18.2 Å². The van der Waals surface area contributed by atoms with Gasteiger partial charge < -0.3 is 5.11 Å². The molecule has 0 aliphatic heterocycles. The van der Waals surface area contributed by atoms with Crippen molar-refractivity contribution in [2.45, 2.75) is 38.7 Å². The van der Waals surface area contributed by atoms with Crippen LogP contribution in [0.25, 0.3) is 0 Å². The summed E-state index contributed by atoms with van der Waals surface area (Å²) in [5, 5.41) is 10.1. The van der Waals surface area contributed by atoms with E-state index in [1.165, 1.54) is 16.7 Å². The van der Waals surface area contributed by atoms with Crippen molar-refractivity contribution in [1.82, 2.24) is 0 Å². The average molecular weight is 176 g/mol. The van der Waals surface area contributed by atoms with Crippen molar-refractivity contribution in [2.24, 2.45) is 0 Å². The summed E-state index contributed by atoms with van der Waals surface area (Å²) in [6.45, 7) is 4.16. The molecule has 0 radical (unpaired) electrons. The first kappa shape index (κ1) is 8.76. The second-order valence-corrected chi connectivity index (χ2v) is 4.20. The van der Waals surface area contributed by atoms with Crippen molar-refractivity contribution < 1.29 is 5.11 Å². The standard InChI is InChI=1S/C12H16O/c1-3-12(13)7-10-5-4-9(2)6-11(10)8-12/h4-6,13H,3,7-8H2,1-2H3. The highest BCUT2D eigenvalue weighted by Gasteiger charge is 2.32. The molecule has 0 saturated heterocycles. The van der Waals surface area contributed by atoms with Gasteiger partial charge in [-0.15, -0.1) is 0 Å².